The highest BCUT2D eigenvalue weighted by molar-refractivity contribution is 5.95. The minimum absolute atomic E-state index is 0.193. The Morgan fingerprint density at radius 3 is 2.32 bits per heavy atom. The molecule has 0 aliphatic carbocycles. The minimum Gasteiger partial charge on any atom is -0.444 e. The average Bonchev–Trinajstić information content (AvgIpc) is 2.59. The van der Waals surface area contributed by atoms with Crippen molar-refractivity contribution in [3.8, 4) is 0 Å². The maximum Gasteiger partial charge on any atom is 0.339 e. The Hall–Kier alpha value is -3.35. The molecule has 2 aromatic carbocycles. The molecule has 3 amide bonds. The highest BCUT2D eigenvalue weighted by Crippen LogP contribution is 2.22. The summed E-state index contributed by atoms with van der Waals surface area (Å²) in [5.74, 6) is -1.04. The Labute approximate surface area is 145 Å². The van der Waals surface area contributed by atoms with E-state index in [9.17, 15) is 14.4 Å². The van der Waals surface area contributed by atoms with Crippen LogP contribution in [0.25, 0.3) is 0 Å². The number of hydrogen-bond acceptors (Lipinski definition) is 4. The highest BCUT2D eigenvalue weighted by Gasteiger charge is 2.27. The SMILES string of the molecule is CN(C)C(=O)[C@@H](OC(=O)c1cccc(NC(N)=O)c1)c1ccccc1. The van der Waals surface area contributed by atoms with Crippen LogP contribution in [0.4, 0.5) is 10.5 Å². The number of primary amides is 1. The van der Waals surface area contributed by atoms with Gasteiger partial charge >= 0.3 is 12.0 Å². The second kappa shape index (κ2) is 7.96. The van der Waals surface area contributed by atoms with Crippen molar-refractivity contribution in [3.63, 3.8) is 0 Å². The lowest BCUT2D eigenvalue weighted by molar-refractivity contribution is -0.138. The summed E-state index contributed by atoms with van der Waals surface area (Å²) in [4.78, 5) is 37.1. The number of nitrogens with zero attached hydrogens (tertiary/aromatic N) is 1. The van der Waals surface area contributed by atoms with E-state index in [2.05, 4.69) is 5.32 Å². The van der Waals surface area contributed by atoms with Crippen molar-refractivity contribution >= 4 is 23.6 Å². The van der Waals surface area contributed by atoms with Gasteiger partial charge in [-0.2, -0.15) is 0 Å². The molecule has 7 heteroatoms. The maximum atomic E-state index is 12.5. The quantitative estimate of drug-likeness (QED) is 0.814. The van der Waals surface area contributed by atoms with Gasteiger partial charge in [0.2, 0.25) is 6.10 Å². The van der Waals surface area contributed by atoms with Gasteiger partial charge in [0.05, 0.1) is 5.56 Å². The lowest BCUT2D eigenvalue weighted by Gasteiger charge is -2.21. The van der Waals surface area contributed by atoms with Crippen LogP contribution in [0.5, 0.6) is 0 Å². The fourth-order valence-corrected chi connectivity index (χ4v) is 2.16. The topological polar surface area (TPSA) is 102 Å². The van der Waals surface area contributed by atoms with Gasteiger partial charge < -0.3 is 20.7 Å². The van der Waals surface area contributed by atoms with Gasteiger partial charge in [0.1, 0.15) is 0 Å². The normalized spacial score (nSPS) is 11.3. The number of amides is 3. The van der Waals surface area contributed by atoms with Crippen LogP contribution in [-0.4, -0.2) is 36.9 Å². The third-order valence-corrected chi connectivity index (χ3v) is 3.36. The number of likely N-dealkylation sites (N-methyl/N-ethyl adjacent to an activating group) is 1. The first-order valence-electron chi connectivity index (χ1n) is 7.52. The van der Waals surface area contributed by atoms with E-state index in [0.717, 1.165) is 0 Å². The molecule has 0 saturated carbocycles. The molecule has 1 atom stereocenters. The van der Waals surface area contributed by atoms with Gasteiger partial charge in [-0.15, -0.1) is 0 Å². The number of urea groups is 1. The van der Waals surface area contributed by atoms with Crippen LogP contribution in [0.15, 0.2) is 54.6 Å². The molecule has 25 heavy (non-hydrogen) atoms. The highest BCUT2D eigenvalue weighted by atomic mass is 16.5. The van der Waals surface area contributed by atoms with E-state index >= 15 is 0 Å². The summed E-state index contributed by atoms with van der Waals surface area (Å²) in [6, 6.07) is 14.1. The first kappa shape index (κ1) is 18.0. The molecular formula is C18H19N3O4. The maximum absolute atomic E-state index is 12.5. The first-order chi connectivity index (χ1) is 11.9. The van der Waals surface area contributed by atoms with Crippen molar-refractivity contribution in [2.75, 3.05) is 19.4 Å². The number of carbonyl (C=O) groups is 3. The van der Waals surface area contributed by atoms with Crippen LogP contribution in [-0.2, 0) is 9.53 Å². The van der Waals surface area contributed by atoms with Gasteiger partial charge in [0.25, 0.3) is 5.91 Å². The monoisotopic (exact) mass is 341 g/mol. The molecule has 0 spiro atoms. The molecule has 2 aromatic rings. The zero-order valence-electron chi connectivity index (χ0n) is 13.9. The number of rotatable bonds is 5. The number of nitrogens with two attached hydrogens (primary N) is 1. The summed E-state index contributed by atoms with van der Waals surface area (Å²) in [6.45, 7) is 0. The molecule has 7 nitrogen and oxygen atoms in total. The molecule has 2 rings (SSSR count). The van der Waals surface area contributed by atoms with Crippen LogP contribution in [0.2, 0.25) is 0 Å². The molecule has 3 N–H and O–H groups in total. The average molecular weight is 341 g/mol. The van der Waals surface area contributed by atoms with Crippen molar-refractivity contribution in [2.24, 2.45) is 5.73 Å². The van der Waals surface area contributed by atoms with E-state index in [4.69, 9.17) is 10.5 Å². The lowest BCUT2D eigenvalue weighted by Crippen LogP contribution is -2.31. The predicted molar refractivity (Wildman–Crippen MR) is 92.9 cm³/mol. The Morgan fingerprint density at radius 2 is 1.72 bits per heavy atom. The van der Waals surface area contributed by atoms with Crippen LogP contribution in [0.1, 0.15) is 22.0 Å². The van der Waals surface area contributed by atoms with Gasteiger partial charge in [-0.1, -0.05) is 36.4 Å². The van der Waals surface area contributed by atoms with E-state index in [1.165, 1.54) is 17.0 Å². The zero-order valence-corrected chi connectivity index (χ0v) is 13.9. The predicted octanol–water partition coefficient (Wildman–Crippen LogP) is 2.16. The largest absolute Gasteiger partial charge is 0.444 e. The number of nitrogens with one attached hydrogen (secondary N) is 1. The van der Waals surface area contributed by atoms with E-state index in [-0.39, 0.29) is 11.5 Å². The fraction of sp³-hybridized carbons (Fsp3) is 0.167. The van der Waals surface area contributed by atoms with Gasteiger partial charge in [-0.3, -0.25) is 4.79 Å². The molecule has 0 aliphatic rings. The Bertz CT molecular complexity index is 775. The minimum atomic E-state index is -1.06. The van der Waals surface area contributed by atoms with Gasteiger partial charge in [-0.05, 0) is 18.2 Å². The van der Waals surface area contributed by atoms with E-state index in [0.29, 0.717) is 11.3 Å². The second-order valence-electron chi connectivity index (χ2n) is 5.50. The van der Waals surface area contributed by atoms with E-state index < -0.39 is 18.1 Å². The first-order valence-corrected chi connectivity index (χ1v) is 7.52. The summed E-state index contributed by atoms with van der Waals surface area (Å²) in [5.41, 5.74) is 6.19. The van der Waals surface area contributed by atoms with Crippen LogP contribution < -0.4 is 11.1 Å². The van der Waals surface area contributed by atoms with Crippen molar-refractivity contribution < 1.29 is 19.1 Å². The molecule has 130 valence electrons. The molecule has 0 bridgehead atoms. The van der Waals surface area contributed by atoms with Crippen molar-refractivity contribution in [2.45, 2.75) is 6.10 Å². The fourth-order valence-electron chi connectivity index (χ4n) is 2.16. The van der Waals surface area contributed by atoms with Crippen molar-refractivity contribution in [3.05, 3.63) is 65.7 Å². The van der Waals surface area contributed by atoms with Gasteiger partial charge in [-0.25, -0.2) is 9.59 Å². The number of hydrogen-bond donors (Lipinski definition) is 2. The Kier molecular flexibility index (Phi) is 5.73. The summed E-state index contributed by atoms with van der Waals surface area (Å²) in [5, 5.41) is 2.38. The molecular weight excluding hydrogens is 322 g/mol. The van der Waals surface area contributed by atoms with E-state index in [1.54, 1.807) is 50.5 Å². The lowest BCUT2D eigenvalue weighted by atomic mass is 10.1. The standard InChI is InChI=1S/C18H19N3O4/c1-21(2)16(22)15(12-7-4-3-5-8-12)25-17(23)13-9-6-10-14(11-13)20-18(19)24/h3-11,15H,1-2H3,(H3,19,20,24)/t15-/m0/s1. The number of esters is 1. The number of ether oxygens (including phenoxy) is 1. The van der Waals surface area contributed by atoms with Crippen molar-refractivity contribution in [1.82, 2.24) is 4.90 Å². The Morgan fingerprint density at radius 1 is 1.04 bits per heavy atom. The number of carbonyl (C=O) groups excluding carboxylic acids is 3. The summed E-state index contributed by atoms with van der Waals surface area (Å²) in [7, 11) is 3.17. The third kappa shape index (κ3) is 4.81. The molecule has 0 heterocycles. The van der Waals surface area contributed by atoms with Crippen LogP contribution >= 0.6 is 0 Å². The van der Waals surface area contributed by atoms with Crippen LogP contribution in [0, 0.1) is 0 Å². The summed E-state index contributed by atoms with van der Waals surface area (Å²) < 4.78 is 5.43. The summed E-state index contributed by atoms with van der Waals surface area (Å²) >= 11 is 0. The number of anilines is 1. The third-order valence-electron chi connectivity index (χ3n) is 3.36. The van der Waals surface area contributed by atoms with Gasteiger partial charge in [0.15, 0.2) is 0 Å². The molecule has 0 radical (unpaired) electrons. The van der Waals surface area contributed by atoms with E-state index in [1.807, 2.05) is 6.07 Å². The van der Waals surface area contributed by atoms with Gasteiger partial charge in [0, 0.05) is 25.3 Å². The van der Waals surface area contributed by atoms with Crippen molar-refractivity contribution in [1.29, 1.82) is 0 Å². The zero-order chi connectivity index (χ0) is 18.4. The molecule has 0 aliphatic heterocycles. The second-order valence-corrected chi connectivity index (χ2v) is 5.50. The smallest absolute Gasteiger partial charge is 0.339 e. The summed E-state index contributed by atoms with van der Waals surface area (Å²) in [6.07, 6.45) is -1.06. The molecule has 0 saturated heterocycles. The number of benzene rings is 2. The Balaban J connectivity index is 2.25. The van der Waals surface area contributed by atoms with Crippen LogP contribution in [0.3, 0.4) is 0 Å². The molecule has 0 fully saturated rings. The molecule has 0 aromatic heterocycles. The molecule has 0 unspecified atom stereocenters.